The molecule has 1 aliphatic rings. The first kappa shape index (κ1) is 21.5. The lowest BCUT2D eigenvalue weighted by molar-refractivity contribution is -0.115. The van der Waals surface area contributed by atoms with E-state index in [-0.39, 0.29) is 18.2 Å². The normalized spacial score (nSPS) is 13.1. The van der Waals surface area contributed by atoms with Gasteiger partial charge in [-0.05, 0) is 49.1 Å². The number of carbonyl (C=O) groups excluding carboxylic acids is 2. The lowest BCUT2D eigenvalue weighted by Crippen LogP contribution is -2.29. The molecular weight excluding hydrogens is 384 g/mol. The Kier molecular flexibility index (Phi) is 6.82. The van der Waals surface area contributed by atoms with Crippen LogP contribution in [0.4, 0.5) is 5.69 Å². The summed E-state index contributed by atoms with van der Waals surface area (Å²) in [4.78, 5) is 27.6. The molecular formula is C23H28N2O5. The second-order valence-corrected chi connectivity index (χ2v) is 7.26. The topological polar surface area (TPSA) is 77.1 Å². The third-order valence-electron chi connectivity index (χ3n) is 5.25. The largest absolute Gasteiger partial charge is 0.493 e. The molecule has 7 nitrogen and oxygen atoms in total. The fraction of sp³-hybridized carbons (Fsp3) is 0.391. The molecule has 0 atom stereocenters. The molecule has 0 aromatic heterocycles. The number of anilines is 1. The van der Waals surface area contributed by atoms with Gasteiger partial charge in [0.15, 0.2) is 11.5 Å². The highest BCUT2D eigenvalue weighted by molar-refractivity contribution is 6.05. The fourth-order valence-corrected chi connectivity index (χ4v) is 3.71. The second kappa shape index (κ2) is 9.52. The van der Waals surface area contributed by atoms with Crippen molar-refractivity contribution >= 4 is 17.5 Å². The number of methoxy groups -OCH3 is 3. The molecule has 0 aliphatic carbocycles. The molecule has 7 heteroatoms. The van der Waals surface area contributed by atoms with Gasteiger partial charge in [-0.3, -0.25) is 9.59 Å². The van der Waals surface area contributed by atoms with E-state index in [0.29, 0.717) is 34.1 Å². The average molecular weight is 412 g/mol. The highest BCUT2D eigenvalue weighted by Crippen LogP contribution is 2.38. The molecule has 0 radical (unpaired) electrons. The van der Waals surface area contributed by atoms with E-state index >= 15 is 0 Å². The van der Waals surface area contributed by atoms with Gasteiger partial charge in [-0.15, -0.1) is 0 Å². The SMILES string of the molecule is COc1cc(CC(=O)Nc2c(C)cccc2C(=O)N2CCCC2)cc(OC)c1OC. The van der Waals surface area contributed by atoms with Crippen molar-refractivity contribution in [1.82, 2.24) is 4.90 Å². The van der Waals surface area contributed by atoms with Crippen molar-refractivity contribution in [2.75, 3.05) is 39.7 Å². The quantitative estimate of drug-likeness (QED) is 0.754. The van der Waals surface area contributed by atoms with E-state index in [0.717, 1.165) is 31.5 Å². The first-order valence-corrected chi connectivity index (χ1v) is 9.96. The Bertz CT molecular complexity index is 910. The van der Waals surface area contributed by atoms with Gasteiger partial charge in [-0.25, -0.2) is 0 Å². The van der Waals surface area contributed by atoms with Gasteiger partial charge in [0, 0.05) is 13.1 Å². The van der Waals surface area contributed by atoms with Crippen LogP contribution in [0.15, 0.2) is 30.3 Å². The predicted molar refractivity (Wildman–Crippen MR) is 115 cm³/mol. The zero-order valence-corrected chi connectivity index (χ0v) is 17.9. The van der Waals surface area contributed by atoms with E-state index in [4.69, 9.17) is 14.2 Å². The molecule has 1 fully saturated rings. The molecule has 1 N–H and O–H groups in total. The first-order chi connectivity index (χ1) is 14.5. The first-order valence-electron chi connectivity index (χ1n) is 9.96. The van der Waals surface area contributed by atoms with Crippen molar-refractivity contribution in [2.24, 2.45) is 0 Å². The number of nitrogens with zero attached hydrogens (tertiary/aromatic N) is 1. The highest BCUT2D eigenvalue weighted by atomic mass is 16.5. The lowest BCUT2D eigenvalue weighted by Gasteiger charge is -2.19. The Morgan fingerprint density at radius 2 is 1.63 bits per heavy atom. The Balaban J connectivity index is 1.82. The summed E-state index contributed by atoms with van der Waals surface area (Å²) < 4.78 is 16.0. The standard InChI is InChI=1S/C23H28N2O5/c1-15-8-7-9-17(23(27)25-10-5-6-11-25)21(15)24-20(26)14-16-12-18(28-2)22(30-4)19(13-16)29-3/h7-9,12-13H,5-6,10-11,14H2,1-4H3,(H,24,26). The molecule has 0 unspecified atom stereocenters. The van der Waals surface area contributed by atoms with Crippen LogP contribution in [0.3, 0.4) is 0 Å². The van der Waals surface area contributed by atoms with Crippen LogP contribution in [0.25, 0.3) is 0 Å². The Hall–Kier alpha value is -3.22. The minimum Gasteiger partial charge on any atom is -0.493 e. The van der Waals surface area contributed by atoms with Gasteiger partial charge in [0.25, 0.3) is 5.91 Å². The van der Waals surface area contributed by atoms with Crippen LogP contribution < -0.4 is 19.5 Å². The molecule has 0 saturated carbocycles. The van der Waals surface area contributed by atoms with Gasteiger partial charge in [-0.2, -0.15) is 0 Å². The Labute approximate surface area is 176 Å². The number of carbonyl (C=O) groups is 2. The number of nitrogens with one attached hydrogen (secondary N) is 1. The van der Waals surface area contributed by atoms with Crippen LogP contribution in [-0.2, 0) is 11.2 Å². The molecule has 0 spiro atoms. The molecule has 2 aromatic carbocycles. The number of ether oxygens (including phenoxy) is 3. The Morgan fingerprint density at radius 1 is 1.00 bits per heavy atom. The van der Waals surface area contributed by atoms with Crippen molar-refractivity contribution < 1.29 is 23.8 Å². The van der Waals surface area contributed by atoms with Gasteiger partial charge in [0.05, 0.1) is 39.0 Å². The number of likely N-dealkylation sites (tertiary alicyclic amines) is 1. The summed E-state index contributed by atoms with van der Waals surface area (Å²) in [7, 11) is 4.60. The summed E-state index contributed by atoms with van der Waals surface area (Å²) in [6.45, 7) is 3.40. The maximum atomic E-state index is 12.9. The second-order valence-electron chi connectivity index (χ2n) is 7.26. The summed E-state index contributed by atoms with van der Waals surface area (Å²) in [5.74, 6) is 1.18. The van der Waals surface area contributed by atoms with Gasteiger partial charge in [0.1, 0.15) is 0 Å². The van der Waals surface area contributed by atoms with E-state index in [9.17, 15) is 9.59 Å². The van der Waals surface area contributed by atoms with Crippen LogP contribution in [0.1, 0.15) is 34.3 Å². The summed E-state index contributed by atoms with van der Waals surface area (Å²) in [5, 5.41) is 2.94. The van der Waals surface area contributed by atoms with Crippen molar-refractivity contribution in [3.63, 3.8) is 0 Å². The van der Waals surface area contributed by atoms with Crippen LogP contribution >= 0.6 is 0 Å². The number of benzene rings is 2. The van der Waals surface area contributed by atoms with Gasteiger partial charge < -0.3 is 24.4 Å². The summed E-state index contributed by atoms with van der Waals surface area (Å²) >= 11 is 0. The molecule has 1 aliphatic heterocycles. The third-order valence-corrected chi connectivity index (χ3v) is 5.25. The lowest BCUT2D eigenvalue weighted by atomic mass is 10.1. The monoisotopic (exact) mass is 412 g/mol. The van der Waals surface area contributed by atoms with E-state index in [2.05, 4.69) is 5.32 Å². The minimum atomic E-state index is -0.228. The third kappa shape index (κ3) is 4.50. The van der Waals surface area contributed by atoms with E-state index in [1.54, 1.807) is 18.2 Å². The predicted octanol–water partition coefficient (Wildman–Crippen LogP) is 3.44. The summed E-state index contributed by atoms with van der Waals surface area (Å²) in [6.07, 6.45) is 2.13. The van der Waals surface area contributed by atoms with Crippen LogP contribution in [-0.4, -0.2) is 51.1 Å². The zero-order chi connectivity index (χ0) is 21.7. The molecule has 1 saturated heterocycles. The zero-order valence-electron chi connectivity index (χ0n) is 17.9. The molecule has 160 valence electrons. The average Bonchev–Trinajstić information content (AvgIpc) is 3.28. The minimum absolute atomic E-state index is 0.0423. The molecule has 1 heterocycles. The van der Waals surface area contributed by atoms with E-state index < -0.39 is 0 Å². The van der Waals surface area contributed by atoms with Gasteiger partial charge in [-0.1, -0.05) is 12.1 Å². The van der Waals surface area contributed by atoms with Crippen molar-refractivity contribution in [1.29, 1.82) is 0 Å². The van der Waals surface area contributed by atoms with Crippen molar-refractivity contribution in [2.45, 2.75) is 26.2 Å². The summed E-state index contributed by atoms with van der Waals surface area (Å²) in [5.41, 5.74) is 2.64. The number of hydrogen-bond donors (Lipinski definition) is 1. The van der Waals surface area contributed by atoms with E-state index in [1.807, 2.05) is 24.0 Å². The number of amides is 2. The molecule has 3 rings (SSSR count). The maximum Gasteiger partial charge on any atom is 0.255 e. The van der Waals surface area contributed by atoms with Crippen LogP contribution in [0.2, 0.25) is 0 Å². The fourth-order valence-electron chi connectivity index (χ4n) is 3.71. The molecule has 2 amide bonds. The maximum absolute atomic E-state index is 12.9. The molecule has 0 bridgehead atoms. The van der Waals surface area contributed by atoms with E-state index in [1.165, 1.54) is 21.3 Å². The summed E-state index contributed by atoms with van der Waals surface area (Å²) in [6, 6.07) is 8.98. The molecule has 2 aromatic rings. The number of para-hydroxylation sites is 1. The van der Waals surface area contributed by atoms with Crippen molar-refractivity contribution in [3.05, 3.63) is 47.0 Å². The number of hydrogen-bond acceptors (Lipinski definition) is 5. The van der Waals surface area contributed by atoms with Gasteiger partial charge in [0.2, 0.25) is 11.7 Å². The van der Waals surface area contributed by atoms with Crippen LogP contribution in [0.5, 0.6) is 17.2 Å². The van der Waals surface area contributed by atoms with Crippen molar-refractivity contribution in [3.8, 4) is 17.2 Å². The van der Waals surface area contributed by atoms with Gasteiger partial charge >= 0.3 is 0 Å². The molecule has 30 heavy (non-hydrogen) atoms. The van der Waals surface area contributed by atoms with Crippen LogP contribution in [0, 0.1) is 6.92 Å². The number of aryl methyl sites for hydroxylation is 1. The Morgan fingerprint density at radius 3 is 2.20 bits per heavy atom. The highest BCUT2D eigenvalue weighted by Gasteiger charge is 2.23. The number of rotatable bonds is 7. The smallest absolute Gasteiger partial charge is 0.255 e.